The van der Waals surface area contributed by atoms with Crippen molar-refractivity contribution in [2.75, 3.05) is 11.9 Å². The Morgan fingerprint density at radius 2 is 1.33 bits per heavy atom. The summed E-state index contributed by atoms with van der Waals surface area (Å²) in [7, 11) is 0. The number of carbonyl (C=O) groups is 4. The Morgan fingerprint density at radius 3 is 1.93 bits per heavy atom. The first-order valence-corrected chi connectivity index (χ1v) is 20.2. The van der Waals surface area contributed by atoms with E-state index in [1.807, 2.05) is 6.07 Å². The maximum absolute atomic E-state index is 14.3. The number of ether oxygens (including phenoxy) is 2. The Bertz CT molecular complexity index is 2080. The van der Waals surface area contributed by atoms with Crippen LogP contribution in [0.4, 0.5) is 5.69 Å². The minimum absolute atomic E-state index is 0.0116. The molecule has 0 aliphatic carbocycles. The minimum Gasteiger partial charge on any atom is -0.463 e. The molecule has 4 rings (SSSR count). The summed E-state index contributed by atoms with van der Waals surface area (Å²) in [6.07, 6.45) is 10.2. The summed E-state index contributed by atoms with van der Waals surface area (Å²) < 4.78 is 13.4. The van der Waals surface area contributed by atoms with Crippen LogP contribution in [0, 0.1) is 5.41 Å². The standard InChI is InChI=1S/C44H55ClN4O8/c1-6-7-8-9-10-11-12-13-14-21-29-56-37(50)32(2)57-38(51)34-25-22-26-35(30-34)46-40(53)44(45,39(52)43(3,4)5)48-41(54)47(31-33-23-17-15-18-24-33)49(42(48)55)36-27-19-16-20-28-36/h15-20,22-28,30,32H,6-14,21,29,31H2,1-5H3,(H,46,53). The number of hydrogen-bond acceptors (Lipinski definition) is 8. The highest BCUT2D eigenvalue weighted by atomic mass is 35.5. The first-order chi connectivity index (χ1) is 27.2. The molecule has 57 heavy (non-hydrogen) atoms. The molecule has 0 aliphatic rings. The molecule has 12 nitrogen and oxygen atoms in total. The van der Waals surface area contributed by atoms with Gasteiger partial charge in [0.15, 0.2) is 11.9 Å². The number of nitrogens with zero attached hydrogens (tertiary/aromatic N) is 3. The largest absolute Gasteiger partial charge is 0.463 e. The number of rotatable bonds is 21. The first kappa shape index (κ1) is 44.5. The predicted octanol–water partition coefficient (Wildman–Crippen LogP) is 8.00. The normalized spacial score (nSPS) is 13.0. The molecule has 2 atom stereocenters. The van der Waals surface area contributed by atoms with Crippen molar-refractivity contribution in [3.8, 4) is 5.69 Å². The zero-order chi connectivity index (χ0) is 41.6. The number of anilines is 1. The zero-order valence-corrected chi connectivity index (χ0v) is 34.4. The molecular formula is C44H55ClN4O8. The van der Waals surface area contributed by atoms with Crippen molar-refractivity contribution in [1.29, 1.82) is 0 Å². The summed E-state index contributed by atoms with van der Waals surface area (Å²) >= 11 is 7.03. The molecule has 1 amide bonds. The highest BCUT2D eigenvalue weighted by molar-refractivity contribution is 6.45. The molecule has 0 spiro atoms. The van der Waals surface area contributed by atoms with Crippen LogP contribution in [-0.2, 0) is 35.4 Å². The number of benzene rings is 3. The Morgan fingerprint density at radius 1 is 0.754 bits per heavy atom. The Kier molecular flexibility index (Phi) is 16.2. The van der Waals surface area contributed by atoms with Crippen LogP contribution in [0.5, 0.6) is 0 Å². The van der Waals surface area contributed by atoms with Crippen LogP contribution in [0.1, 0.15) is 115 Å². The summed E-state index contributed by atoms with van der Waals surface area (Å²) in [5, 5.41) is 2.53. The van der Waals surface area contributed by atoms with E-state index in [1.165, 1.54) is 90.5 Å². The molecule has 4 aromatic rings. The number of para-hydroxylation sites is 1. The average Bonchev–Trinajstić information content (AvgIpc) is 3.44. The van der Waals surface area contributed by atoms with E-state index in [4.69, 9.17) is 21.1 Å². The highest BCUT2D eigenvalue weighted by Crippen LogP contribution is 2.33. The van der Waals surface area contributed by atoms with Gasteiger partial charge in [-0.3, -0.25) is 9.59 Å². The number of halogens is 1. The van der Waals surface area contributed by atoms with Gasteiger partial charge in [-0.25, -0.2) is 28.4 Å². The summed E-state index contributed by atoms with van der Waals surface area (Å²) in [6.45, 7) is 8.31. The predicted molar refractivity (Wildman–Crippen MR) is 221 cm³/mol. The number of Topliss-reactive ketones (excluding diaryl/α,β-unsaturated/α-hetero) is 1. The van der Waals surface area contributed by atoms with Gasteiger partial charge >= 0.3 is 23.3 Å². The van der Waals surface area contributed by atoms with E-state index in [9.17, 15) is 28.8 Å². The molecule has 0 bridgehead atoms. The quantitative estimate of drug-likeness (QED) is 0.0386. The minimum atomic E-state index is -2.87. The van der Waals surface area contributed by atoms with Crippen molar-refractivity contribution < 1.29 is 28.7 Å². The van der Waals surface area contributed by atoms with Crippen LogP contribution in [0.15, 0.2) is 94.5 Å². The van der Waals surface area contributed by atoms with Crippen molar-refractivity contribution >= 4 is 40.9 Å². The number of hydrogen-bond donors (Lipinski definition) is 1. The number of amides is 1. The molecule has 0 saturated heterocycles. The maximum atomic E-state index is 14.3. The number of carbonyl (C=O) groups excluding carboxylic acids is 4. The fraction of sp³-hybridized carbons (Fsp3) is 0.455. The van der Waals surface area contributed by atoms with Crippen LogP contribution < -0.4 is 16.7 Å². The molecule has 1 N–H and O–H groups in total. The van der Waals surface area contributed by atoms with Gasteiger partial charge < -0.3 is 14.8 Å². The Labute approximate surface area is 339 Å². The topological polar surface area (TPSA) is 148 Å². The second kappa shape index (κ2) is 20.8. The monoisotopic (exact) mass is 802 g/mol. The van der Waals surface area contributed by atoms with Gasteiger partial charge in [0.25, 0.3) is 10.9 Å². The van der Waals surface area contributed by atoms with Crippen LogP contribution >= 0.6 is 11.6 Å². The van der Waals surface area contributed by atoms with E-state index in [1.54, 1.807) is 54.6 Å². The third kappa shape index (κ3) is 11.7. The lowest BCUT2D eigenvalue weighted by atomic mass is 9.85. The number of nitrogens with one attached hydrogen (secondary N) is 1. The molecule has 306 valence electrons. The molecule has 3 aromatic carbocycles. The molecule has 0 radical (unpaired) electrons. The van der Waals surface area contributed by atoms with Crippen molar-refractivity contribution in [1.82, 2.24) is 13.9 Å². The average molecular weight is 803 g/mol. The van der Waals surface area contributed by atoms with Gasteiger partial charge in [-0.1, -0.05) is 152 Å². The fourth-order valence-corrected chi connectivity index (χ4v) is 6.83. The molecule has 2 unspecified atom stereocenters. The van der Waals surface area contributed by atoms with Crippen molar-refractivity contribution in [3.63, 3.8) is 0 Å². The Balaban J connectivity index is 1.50. The van der Waals surface area contributed by atoms with E-state index >= 15 is 0 Å². The third-order valence-electron chi connectivity index (χ3n) is 9.51. The van der Waals surface area contributed by atoms with Crippen molar-refractivity contribution in [2.45, 2.75) is 116 Å². The van der Waals surface area contributed by atoms with E-state index in [0.29, 0.717) is 22.2 Å². The van der Waals surface area contributed by atoms with Gasteiger partial charge in [0.1, 0.15) is 0 Å². The number of ketones is 1. The summed E-state index contributed by atoms with van der Waals surface area (Å²) in [5.41, 5.74) is -2.36. The highest BCUT2D eigenvalue weighted by Gasteiger charge is 2.53. The lowest BCUT2D eigenvalue weighted by molar-refractivity contribution is -0.153. The molecule has 13 heteroatoms. The van der Waals surface area contributed by atoms with Gasteiger partial charge in [-0.05, 0) is 49.2 Å². The molecule has 0 saturated carbocycles. The number of esters is 2. The number of aromatic nitrogens is 3. The lowest BCUT2D eigenvalue weighted by Gasteiger charge is -2.30. The van der Waals surface area contributed by atoms with E-state index in [2.05, 4.69) is 12.2 Å². The van der Waals surface area contributed by atoms with Crippen LogP contribution in [0.3, 0.4) is 0 Å². The number of unbranched alkanes of at least 4 members (excludes halogenated alkanes) is 9. The second-order valence-corrected chi connectivity index (χ2v) is 15.8. The van der Waals surface area contributed by atoms with Crippen LogP contribution in [0.2, 0.25) is 0 Å². The van der Waals surface area contributed by atoms with E-state index in [0.717, 1.165) is 28.6 Å². The summed E-state index contributed by atoms with van der Waals surface area (Å²) in [5.74, 6) is -3.67. The third-order valence-corrected chi connectivity index (χ3v) is 10.0. The van der Waals surface area contributed by atoms with Gasteiger partial charge in [0, 0.05) is 11.1 Å². The number of alkyl halides is 1. The first-order valence-electron chi connectivity index (χ1n) is 19.8. The second-order valence-electron chi connectivity index (χ2n) is 15.2. The smallest absolute Gasteiger partial charge is 0.354 e. The summed E-state index contributed by atoms with van der Waals surface area (Å²) in [6, 6.07) is 22.8. The lowest BCUT2D eigenvalue weighted by Crippen LogP contribution is -2.58. The molecule has 0 aliphatic heterocycles. The summed E-state index contributed by atoms with van der Waals surface area (Å²) in [4.78, 5) is 79.9. The fourth-order valence-electron chi connectivity index (χ4n) is 6.36. The van der Waals surface area contributed by atoms with Crippen LogP contribution in [0.25, 0.3) is 5.69 Å². The van der Waals surface area contributed by atoms with Crippen molar-refractivity contribution in [3.05, 3.63) is 117 Å². The van der Waals surface area contributed by atoms with E-state index in [-0.39, 0.29) is 24.4 Å². The molecular weight excluding hydrogens is 748 g/mol. The Hall–Kier alpha value is -5.23. The van der Waals surface area contributed by atoms with Gasteiger partial charge in [-0.15, -0.1) is 0 Å². The maximum Gasteiger partial charge on any atom is 0.354 e. The van der Waals surface area contributed by atoms with E-state index < -0.39 is 51.5 Å². The molecule has 0 fully saturated rings. The van der Waals surface area contributed by atoms with Gasteiger partial charge in [0.05, 0.1) is 24.4 Å². The van der Waals surface area contributed by atoms with Gasteiger partial charge in [0.2, 0.25) is 0 Å². The van der Waals surface area contributed by atoms with Crippen LogP contribution in [-0.4, -0.2) is 50.3 Å². The SMILES string of the molecule is CCCCCCCCCCCCOC(=O)C(C)OC(=O)c1cccc(NC(=O)C(Cl)(C(=O)C(C)(C)C)n2c(=O)n(Cc3ccccc3)n(-c3ccccc3)c2=O)c1. The molecule has 1 aromatic heterocycles. The van der Waals surface area contributed by atoms with Gasteiger partial charge in [-0.2, -0.15) is 4.68 Å². The molecule has 1 heterocycles. The zero-order valence-electron chi connectivity index (χ0n) is 33.6. The van der Waals surface area contributed by atoms with Crippen molar-refractivity contribution in [2.24, 2.45) is 5.41 Å².